The molecule has 0 unspecified atom stereocenters. The smallest absolute Gasteiger partial charge is 0.266 e. The first-order valence-electron chi connectivity index (χ1n) is 5.64. The Hall–Kier alpha value is -1.59. The Bertz CT molecular complexity index is 801. The number of nitrogens with zero attached hydrogens (tertiary/aromatic N) is 1. The maximum absolute atomic E-state index is 11.5. The lowest BCUT2D eigenvalue weighted by atomic mass is 10.1. The molecule has 19 heavy (non-hydrogen) atoms. The molecule has 0 bridgehead atoms. The number of aromatic amines is 1. The Morgan fingerprint density at radius 2 is 1.89 bits per heavy atom. The molecule has 0 radical (unpaired) electrons. The van der Waals surface area contributed by atoms with Crippen molar-refractivity contribution in [1.82, 2.24) is 9.97 Å². The molecule has 2 aromatic carbocycles. The van der Waals surface area contributed by atoms with Crippen LogP contribution in [0.4, 0.5) is 0 Å². The number of nitrogens with one attached hydrogen (secondary N) is 1. The molecule has 0 aliphatic heterocycles. The van der Waals surface area contributed by atoms with Crippen LogP contribution in [0.3, 0.4) is 0 Å². The van der Waals surface area contributed by atoms with Crippen molar-refractivity contribution in [1.29, 1.82) is 0 Å². The monoisotopic (exact) mass is 332 g/mol. The molecule has 94 valence electrons. The standard InChI is InChI=1S/C14H9BrN2OS/c15-12-13(18)16-8-17-14(12)19-11-6-5-9-3-1-2-4-10(9)7-11/h1-8H,(H,16,17,18). The second-order valence-corrected chi connectivity index (χ2v) is 5.82. The highest BCUT2D eigenvalue weighted by atomic mass is 79.9. The van der Waals surface area contributed by atoms with Gasteiger partial charge in [0.15, 0.2) is 0 Å². The first-order chi connectivity index (χ1) is 9.24. The van der Waals surface area contributed by atoms with Gasteiger partial charge in [0.2, 0.25) is 0 Å². The first-order valence-corrected chi connectivity index (χ1v) is 7.25. The summed E-state index contributed by atoms with van der Waals surface area (Å²) in [5, 5.41) is 3.04. The van der Waals surface area contributed by atoms with Crippen LogP contribution in [0, 0.1) is 0 Å². The Morgan fingerprint density at radius 1 is 1.11 bits per heavy atom. The van der Waals surface area contributed by atoms with Crippen LogP contribution in [0.5, 0.6) is 0 Å². The fourth-order valence-electron chi connectivity index (χ4n) is 1.78. The van der Waals surface area contributed by atoms with Gasteiger partial charge >= 0.3 is 0 Å². The van der Waals surface area contributed by atoms with Crippen molar-refractivity contribution in [3.63, 3.8) is 0 Å². The molecule has 1 N–H and O–H groups in total. The van der Waals surface area contributed by atoms with Crippen molar-refractivity contribution in [2.75, 3.05) is 0 Å². The lowest BCUT2D eigenvalue weighted by Gasteiger charge is -2.04. The minimum absolute atomic E-state index is 0.168. The van der Waals surface area contributed by atoms with E-state index in [9.17, 15) is 4.79 Å². The van der Waals surface area contributed by atoms with Gasteiger partial charge in [-0.15, -0.1) is 0 Å². The third-order valence-corrected chi connectivity index (χ3v) is 4.69. The van der Waals surface area contributed by atoms with Gasteiger partial charge < -0.3 is 4.98 Å². The Balaban J connectivity index is 2.01. The fraction of sp³-hybridized carbons (Fsp3) is 0. The molecule has 3 rings (SSSR count). The molecule has 3 nitrogen and oxygen atoms in total. The van der Waals surface area contributed by atoms with E-state index in [1.807, 2.05) is 18.2 Å². The van der Waals surface area contributed by atoms with Crippen LogP contribution in [0.25, 0.3) is 10.8 Å². The maximum Gasteiger partial charge on any atom is 0.266 e. The number of aromatic nitrogens is 2. The molecule has 0 spiro atoms. The van der Waals surface area contributed by atoms with Gasteiger partial charge in [-0.3, -0.25) is 4.79 Å². The zero-order valence-electron chi connectivity index (χ0n) is 9.76. The van der Waals surface area contributed by atoms with Crippen LogP contribution in [0.15, 0.2) is 68.0 Å². The maximum atomic E-state index is 11.5. The molecule has 0 aliphatic carbocycles. The number of fused-ring (bicyclic) bond motifs is 1. The molecule has 1 heterocycles. The highest BCUT2D eigenvalue weighted by Gasteiger charge is 2.07. The molecule has 0 fully saturated rings. The van der Waals surface area contributed by atoms with Crippen LogP contribution in [-0.4, -0.2) is 9.97 Å². The van der Waals surface area contributed by atoms with Crippen molar-refractivity contribution in [3.05, 3.63) is 63.6 Å². The average molecular weight is 333 g/mol. The van der Waals surface area contributed by atoms with Crippen molar-refractivity contribution in [2.24, 2.45) is 0 Å². The minimum atomic E-state index is -0.168. The summed E-state index contributed by atoms with van der Waals surface area (Å²) in [5.41, 5.74) is -0.168. The first kappa shape index (κ1) is 12.4. The largest absolute Gasteiger partial charge is 0.312 e. The summed E-state index contributed by atoms with van der Waals surface area (Å²) in [6, 6.07) is 14.4. The second-order valence-electron chi connectivity index (χ2n) is 3.96. The Morgan fingerprint density at radius 3 is 2.74 bits per heavy atom. The van der Waals surface area contributed by atoms with Crippen LogP contribution >= 0.6 is 27.7 Å². The quantitative estimate of drug-likeness (QED) is 0.725. The molecular formula is C14H9BrN2OS. The third-order valence-electron chi connectivity index (χ3n) is 2.70. The topological polar surface area (TPSA) is 45.8 Å². The second kappa shape index (κ2) is 5.19. The SMILES string of the molecule is O=c1[nH]cnc(Sc2ccc3ccccc3c2)c1Br. The van der Waals surface area contributed by atoms with E-state index >= 15 is 0 Å². The van der Waals surface area contributed by atoms with Crippen LogP contribution in [-0.2, 0) is 0 Å². The molecule has 0 aliphatic rings. The van der Waals surface area contributed by atoms with Crippen LogP contribution in [0.2, 0.25) is 0 Å². The summed E-state index contributed by atoms with van der Waals surface area (Å²) in [4.78, 5) is 19.2. The van der Waals surface area contributed by atoms with Gasteiger partial charge in [-0.25, -0.2) is 4.98 Å². The molecule has 3 aromatic rings. The highest BCUT2D eigenvalue weighted by Crippen LogP contribution is 2.31. The Kier molecular flexibility index (Phi) is 3.40. The lowest BCUT2D eigenvalue weighted by molar-refractivity contribution is 0.990. The van der Waals surface area contributed by atoms with E-state index in [0.29, 0.717) is 9.50 Å². The van der Waals surface area contributed by atoms with Gasteiger partial charge in [0.1, 0.15) is 9.50 Å². The number of H-pyrrole nitrogens is 1. The van der Waals surface area contributed by atoms with Gasteiger partial charge in [0, 0.05) is 4.90 Å². The summed E-state index contributed by atoms with van der Waals surface area (Å²) in [7, 11) is 0. The molecular weight excluding hydrogens is 324 g/mol. The summed E-state index contributed by atoms with van der Waals surface area (Å²) in [6.07, 6.45) is 1.41. The number of hydrogen-bond donors (Lipinski definition) is 1. The summed E-state index contributed by atoms with van der Waals surface area (Å²) < 4.78 is 0.466. The molecule has 5 heteroatoms. The zero-order chi connectivity index (χ0) is 13.2. The van der Waals surface area contributed by atoms with E-state index in [4.69, 9.17) is 0 Å². The van der Waals surface area contributed by atoms with Crippen LogP contribution in [0.1, 0.15) is 0 Å². The van der Waals surface area contributed by atoms with Gasteiger partial charge in [-0.1, -0.05) is 42.1 Å². The molecule has 0 saturated heterocycles. The van der Waals surface area contributed by atoms with E-state index in [-0.39, 0.29) is 5.56 Å². The average Bonchev–Trinajstić information content (AvgIpc) is 2.44. The van der Waals surface area contributed by atoms with Crippen LogP contribution < -0.4 is 5.56 Å². The molecule has 0 amide bonds. The number of halogens is 1. The summed E-state index contributed by atoms with van der Waals surface area (Å²) in [5.74, 6) is 0. The van der Waals surface area contributed by atoms with Crippen molar-refractivity contribution in [2.45, 2.75) is 9.92 Å². The predicted octanol–water partition coefficient (Wildman–Crippen LogP) is 3.84. The molecule has 1 aromatic heterocycles. The van der Waals surface area contributed by atoms with E-state index in [2.05, 4.69) is 50.2 Å². The summed E-state index contributed by atoms with van der Waals surface area (Å²) >= 11 is 4.73. The predicted molar refractivity (Wildman–Crippen MR) is 80.6 cm³/mol. The molecule has 0 saturated carbocycles. The van der Waals surface area contributed by atoms with Gasteiger partial charge in [0.05, 0.1) is 6.33 Å². The van der Waals surface area contributed by atoms with E-state index in [1.165, 1.54) is 28.9 Å². The normalized spacial score (nSPS) is 10.8. The minimum Gasteiger partial charge on any atom is -0.312 e. The van der Waals surface area contributed by atoms with E-state index in [0.717, 1.165) is 4.90 Å². The zero-order valence-corrected chi connectivity index (χ0v) is 12.2. The lowest BCUT2D eigenvalue weighted by Crippen LogP contribution is -2.07. The van der Waals surface area contributed by atoms with E-state index < -0.39 is 0 Å². The van der Waals surface area contributed by atoms with Gasteiger partial charge in [0.25, 0.3) is 5.56 Å². The summed E-state index contributed by atoms with van der Waals surface area (Å²) in [6.45, 7) is 0. The Labute approximate surface area is 122 Å². The van der Waals surface area contributed by atoms with E-state index in [1.54, 1.807) is 0 Å². The van der Waals surface area contributed by atoms with Crippen molar-refractivity contribution in [3.8, 4) is 0 Å². The number of rotatable bonds is 2. The van der Waals surface area contributed by atoms with Gasteiger partial charge in [-0.05, 0) is 38.8 Å². The van der Waals surface area contributed by atoms with Crippen molar-refractivity contribution >= 4 is 38.5 Å². The molecule has 0 atom stereocenters. The number of benzene rings is 2. The highest BCUT2D eigenvalue weighted by molar-refractivity contribution is 9.10. The van der Waals surface area contributed by atoms with Gasteiger partial charge in [-0.2, -0.15) is 0 Å². The third kappa shape index (κ3) is 2.57. The fourth-order valence-corrected chi connectivity index (χ4v) is 3.07. The number of hydrogen-bond acceptors (Lipinski definition) is 3. The van der Waals surface area contributed by atoms with Crippen molar-refractivity contribution < 1.29 is 0 Å².